The van der Waals surface area contributed by atoms with E-state index in [1.807, 2.05) is 24.3 Å². The van der Waals surface area contributed by atoms with E-state index in [1.54, 1.807) is 0 Å². The Hall–Kier alpha value is -2.38. The molecule has 1 amide bonds. The number of rotatable bonds is 3. The fourth-order valence-corrected chi connectivity index (χ4v) is 3.20. The van der Waals surface area contributed by atoms with Crippen molar-refractivity contribution in [3.63, 3.8) is 0 Å². The van der Waals surface area contributed by atoms with Crippen LogP contribution in [0.4, 0.5) is 18.3 Å². The molecule has 0 saturated carbocycles. The molecule has 3 rings (SSSR count). The number of nitrogens with one attached hydrogen (secondary N) is 1. The summed E-state index contributed by atoms with van der Waals surface area (Å²) in [5.74, 6) is -0.484. The maximum atomic E-state index is 12.8. The van der Waals surface area contributed by atoms with E-state index in [2.05, 4.69) is 10.3 Å². The van der Waals surface area contributed by atoms with Crippen molar-refractivity contribution in [1.29, 1.82) is 0 Å². The lowest BCUT2D eigenvalue weighted by Gasteiger charge is -2.09. The van der Waals surface area contributed by atoms with Crippen molar-refractivity contribution in [1.82, 2.24) is 4.98 Å². The SMILES string of the molecule is O=C(/C=C/c1ccc(Cl)c(C(F)(F)F)c1)Nc1nc2ccccc2s1. The first-order valence-corrected chi connectivity index (χ1v) is 8.24. The van der Waals surface area contributed by atoms with E-state index in [0.29, 0.717) is 5.13 Å². The van der Waals surface area contributed by atoms with Crippen LogP contribution in [0.1, 0.15) is 11.1 Å². The van der Waals surface area contributed by atoms with Crippen molar-refractivity contribution in [2.45, 2.75) is 6.18 Å². The molecule has 0 spiro atoms. The number of amides is 1. The highest BCUT2D eigenvalue weighted by molar-refractivity contribution is 7.22. The van der Waals surface area contributed by atoms with E-state index in [4.69, 9.17) is 11.6 Å². The second kappa shape index (κ2) is 6.85. The van der Waals surface area contributed by atoms with Crippen LogP contribution in [0, 0.1) is 0 Å². The van der Waals surface area contributed by atoms with Gasteiger partial charge < -0.3 is 0 Å². The normalized spacial score (nSPS) is 12.0. The Bertz CT molecular complexity index is 933. The summed E-state index contributed by atoms with van der Waals surface area (Å²) in [6.45, 7) is 0. The summed E-state index contributed by atoms with van der Waals surface area (Å²) >= 11 is 6.87. The van der Waals surface area contributed by atoms with E-state index in [0.717, 1.165) is 28.4 Å². The number of aromatic nitrogens is 1. The third-order valence-corrected chi connectivity index (χ3v) is 4.53. The van der Waals surface area contributed by atoms with Gasteiger partial charge in [0.15, 0.2) is 5.13 Å². The van der Waals surface area contributed by atoms with Crippen LogP contribution in [0.5, 0.6) is 0 Å². The first kappa shape index (κ1) is 17.4. The van der Waals surface area contributed by atoms with Crippen LogP contribution < -0.4 is 5.32 Å². The van der Waals surface area contributed by atoms with Crippen molar-refractivity contribution in [2.75, 3.05) is 5.32 Å². The molecule has 0 bridgehead atoms. The molecule has 8 heteroatoms. The maximum absolute atomic E-state index is 12.8. The average Bonchev–Trinajstić information content (AvgIpc) is 2.95. The third kappa shape index (κ3) is 4.18. The summed E-state index contributed by atoms with van der Waals surface area (Å²) < 4.78 is 39.4. The molecule has 128 valence electrons. The molecule has 1 N–H and O–H groups in total. The molecule has 0 atom stereocenters. The monoisotopic (exact) mass is 382 g/mol. The van der Waals surface area contributed by atoms with Crippen LogP contribution in [-0.4, -0.2) is 10.9 Å². The summed E-state index contributed by atoms with van der Waals surface area (Å²) in [6, 6.07) is 10.9. The molecule has 25 heavy (non-hydrogen) atoms. The van der Waals surface area contributed by atoms with Gasteiger partial charge in [-0.3, -0.25) is 10.1 Å². The summed E-state index contributed by atoms with van der Waals surface area (Å²) in [5, 5.41) is 2.63. The predicted octanol–water partition coefficient (Wildman–Crippen LogP) is 5.62. The number of nitrogens with zero attached hydrogens (tertiary/aromatic N) is 1. The predicted molar refractivity (Wildman–Crippen MR) is 93.7 cm³/mol. The fourth-order valence-electron chi connectivity index (χ4n) is 2.11. The number of para-hydroxylation sites is 1. The molecule has 0 unspecified atom stereocenters. The standard InChI is InChI=1S/C17H10ClF3N2OS/c18-12-7-5-10(9-11(12)17(19,20)21)6-8-15(24)23-16-22-13-3-1-2-4-14(13)25-16/h1-9H,(H,22,23,24)/b8-6+. The first-order valence-electron chi connectivity index (χ1n) is 7.04. The second-order valence-corrected chi connectivity index (χ2v) is 6.48. The molecule has 2 aromatic carbocycles. The van der Waals surface area contributed by atoms with E-state index >= 15 is 0 Å². The first-order chi connectivity index (χ1) is 11.8. The van der Waals surface area contributed by atoms with Gasteiger partial charge in [0.05, 0.1) is 20.8 Å². The Balaban J connectivity index is 1.74. The molecule has 0 fully saturated rings. The molecule has 1 heterocycles. The van der Waals surface area contributed by atoms with Crippen LogP contribution in [0.15, 0.2) is 48.5 Å². The van der Waals surface area contributed by atoms with E-state index in [-0.39, 0.29) is 10.6 Å². The average molecular weight is 383 g/mol. The number of thiazole rings is 1. The molecule has 0 aliphatic carbocycles. The van der Waals surface area contributed by atoms with Crippen LogP contribution in [0.2, 0.25) is 5.02 Å². The van der Waals surface area contributed by atoms with Crippen LogP contribution in [0.3, 0.4) is 0 Å². The smallest absolute Gasteiger partial charge is 0.298 e. The second-order valence-electron chi connectivity index (χ2n) is 5.05. The highest BCUT2D eigenvalue weighted by Gasteiger charge is 2.33. The number of carbonyl (C=O) groups excluding carboxylic acids is 1. The maximum Gasteiger partial charge on any atom is 0.417 e. The number of alkyl halides is 3. The molecule has 3 nitrogen and oxygen atoms in total. The van der Waals surface area contributed by atoms with Crippen molar-refractivity contribution in [3.8, 4) is 0 Å². The van der Waals surface area contributed by atoms with Gasteiger partial charge in [-0.15, -0.1) is 0 Å². The van der Waals surface area contributed by atoms with E-state index in [1.165, 1.54) is 23.5 Å². The van der Waals surface area contributed by atoms with Gasteiger partial charge in [0.1, 0.15) is 0 Å². The number of hydrogen-bond acceptors (Lipinski definition) is 3. The Morgan fingerprint density at radius 3 is 2.68 bits per heavy atom. The lowest BCUT2D eigenvalue weighted by Crippen LogP contribution is -2.07. The number of fused-ring (bicyclic) bond motifs is 1. The van der Waals surface area contributed by atoms with Crippen LogP contribution in [-0.2, 0) is 11.0 Å². The van der Waals surface area contributed by atoms with Gasteiger partial charge in [0.25, 0.3) is 0 Å². The molecular weight excluding hydrogens is 373 g/mol. The number of halogens is 4. The fraction of sp³-hybridized carbons (Fsp3) is 0.0588. The zero-order valence-corrected chi connectivity index (χ0v) is 14.0. The number of anilines is 1. The molecule has 0 radical (unpaired) electrons. The minimum atomic E-state index is -4.55. The van der Waals surface area contributed by atoms with Crippen LogP contribution in [0.25, 0.3) is 16.3 Å². The van der Waals surface area contributed by atoms with Crippen molar-refractivity contribution in [3.05, 3.63) is 64.7 Å². The lowest BCUT2D eigenvalue weighted by molar-refractivity contribution is -0.137. The zero-order valence-electron chi connectivity index (χ0n) is 12.5. The third-order valence-electron chi connectivity index (χ3n) is 3.25. The molecular formula is C17H10ClF3N2OS. The van der Waals surface area contributed by atoms with Crippen LogP contribution >= 0.6 is 22.9 Å². The Kier molecular flexibility index (Phi) is 4.78. The Morgan fingerprint density at radius 1 is 1.20 bits per heavy atom. The number of carbonyl (C=O) groups is 1. The molecule has 3 aromatic rings. The van der Waals surface area contributed by atoms with Gasteiger partial charge in [-0.1, -0.05) is 41.1 Å². The van der Waals surface area contributed by atoms with Gasteiger partial charge in [-0.2, -0.15) is 13.2 Å². The van der Waals surface area contributed by atoms with E-state index in [9.17, 15) is 18.0 Å². The van der Waals surface area contributed by atoms with Crippen molar-refractivity contribution >= 4 is 50.3 Å². The minimum absolute atomic E-state index is 0.219. The largest absolute Gasteiger partial charge is 0.417 e. The number of hydrogen-bond donors (Lipinski definition) is 1. The van der Waals surface area contributed by atoms with Crippen molar-refractivity contribution < 1.29 is 18.0 Å². The molecule has 0 saturated heterocycles. The van der Waals surface area contributed by atoms with E-state index < -0.39 is 17.6 Å². The Labute approximate surface area is 149 Å². The molecule has 0 aliphatic rings. The zero-order chi connectivity index (χ0) is 18.0. The molecule has 1 aromatic heterocycles. The molecule has 0 aliphatic heterocycles. The van der Waals surface area contributed by atoms with Gasteiger partial charge in [0.2, 0.25) is 5.91 Å². The summed E-state index contributed by atoms with van der Waals surface area (Å²) in [4.78, 5) is 16.2. The van der Waals surface area contributed by atoms with Gasteiger partial charge >= 0.3 is 6.18 Å². The van der Waals surface area contributed by atoms with Gasteiger partial charge in [-0.25, -0.2) is 4.98 Å². The summed E-state index contributed by atoms with van der Waals surface area (Å²) in [5.41, 5.74) is 0.0402. The highest BCUT2D eigenvalue weighted by Crippen LogP contribution is 2.35. The van der Waals surface area contributed by atoms with Gasteiger partial charge in [0, 0.05) is 6.08 Å². The summed E-state index contributed by atoms with van der Waals surface area (Å²) in [7, 11) is 0. The summed E-state index contributed by atoms with van der Waals surface area (Å²) in [6.07, 6.45) is -2.12. The lowest BCUT2D eigenvalue weighted by atomic mass is 10.1. The quantitative estimate of drug-likeness (QED) is 0.597. The van der Waals surface area contributed by atoms with Gasteiger partial charge in [-0.05, 0) is 35.9 Å². The Morgan fingerprint density at radius 2 is 1.96 bits per heavy atom. The van der Waals surface area contributed by atoms with Crippen molar-refractivity contribution in [2.24, 2.45) is 0 Å². The highest BCUT2D eigenvalue weighted by atomic mass is 35.5. The minimum Gasteiger partial charge on any atom is -0.298 e. The topological polar surface area (TPSA) is 42.0 Å². The number of benzene rings is 2.